The number of carboxylic acids is 2. The summed E-state index contributed by atoms with van der Waals surface area (Å²) in [7, 11) is 0. The molecule has 2 aromatic carbocycles. The number of benzene rings is 2. The van der Waals surface area contributed by atoms with Crippen LogP contribution in [0.5, 0.6) is 0 Å². The van der Waals surface area contributed by atoms with Crippen molar-refractivity contribution in [3.63, 3.8) is 0 Å². The van der Waals surface area contributed by atoms with E-state index in [1.807, 2.05) is 6.07 Å². The van der Waals surface area contributed by atoms with Gasteiger partial charge in [0.1, 0.15) is 0 Å². The van der Waals surface area contributed by atoms with Crippen molar-refractivity contribution in [3.05, 3.63) is 70.8 Å². The van der Waals surface area contributed by atoms with Crippen molar-refractivity contribution in [1.82, 2.24) is 0 Å². The Hall–Kier alpha value is -2.62. The zero-order valence-corrected chi connectivity index (χ0v) is 10.0. The van der Waals surface area contributed by atoms with Crippen molar-refractivity contribution in [2.45, 2.75) is 6.42 Å². The first kappa shape index (κ1) is 12.8. The predicted molar refractivity (Wildman–Crippen MR) is 69.6 cm³/mol. The van der Waals surface area contributed by atoms with Gasteiger partial charge in [-0.1, -0.05) is 24.3 Å². The summed E-state index contributed by atoms with van der Waals surface area (Å²) in [5.74, 6) is -1.91. The van der Waals surface area contributed by atoms with E-state index in [2.05, 4.69) is 0 Å². The highest BCUT2D eigenvalue weighted by Crippen LogP contribution is 2.13. The molecule has 0 radical (unpaired) electrons. The molecular formula is C15H12O4. The molecule has 2 aromatic rings. The minimum Gasteiger partial charge on any atom is -0.478 e. The maximum atomic E-state index is 10.9. The highest BCUT2D eigenvalue weighted by molar-refractivity contribution is 5.88. The molecule has 0 heterocycles. The summed E-state index contributed by atoms with van der Waals surface area (Å²) in [6.45, 7) is 0. The lowest BCUT2D eigenvalue weighted by atomic mass is 10.0. The molecule has 0 aliphatic rings. The number of hydrogen-bond acceptors (Lipinski definition) is 2. The third-order valence-electron chi connectivity index (χ3n) is 2.78. The topological polar surface area (TPSA) is 74.6 Å². The number of rotatable bonds is 4. The molecular weight excluding hydrogens is 244 g/mol. The largest absolute Gasteiger partial charge is 0.478 e. The second kappa shape index (κ2) is 5.35. The Morgan fingerprint density at radius 2 is 1.42 bits per heavy atom. The van der Waals surface area contributed by atoms with E-state index in [1.54, 1.807) is 42.5 Å². The van der Waals surface area contributed by atoms with Crippen molar-refractivity contribution in [2.75, 3.05) is 0 Å². The Morgan fingerprint density at radius 3 is 2.00 bits per heavy atom. The molecule has 0 aliphatic heterocycles. The molecule has 4 nitrogen and oxygen atoms in total. The number of aromatic carboxylic acids is 2. The van der Waals surface area contributed by atoms with Gasteiger partial charge in [0, 0.05) is 0 Å². The fourth-order valence-corrected chi connectivity index (χ4v) is 1.82. The zero-order valence-electron chi connectivity index (χ0n) is 10.0. The van der Waals surface area contributed by atoms with Gasteiger partial charge in [0.25, 0.3) is 0 Å². The van der Waals surface area contributed by atoms with Gasteiger partial charge in [-0.2, -0.15) is 0 Å². The van der Waals surface area contributed by atoms with E-state index < -0.39 is 11.9 Å². The Kier molecular flexibility index (Phi) is 3.61. The average Bonchev–Trinajstić information content (AvgIpc) is 2.39. The van der Waals surface area contributed by atoms with Crippen LogP contribution in [0.25, 0.3) is 0 Å². The number of carboxylic acid groups (broad SMARTS) is 2. The van der Waals surface area contributed by atoms with Crippen LogP contribution in [-0.4, -0.2) is 22.2 Å². The molecule has 19 heavy (non-hydrogen) atoms. The minimum absolute atomic E-state index is 0.239. The van der Waals surface area contributed by atoms with E-state index in [0.717, 1.165) is 11.1 Å². The highest BCUT2D eigenvalue weighted by Gasteiger charge is 2.05. The standard InChI is InChI=1S/C15H12O4/c16-14(17)12-6-4-10(5-7-12)8-11-2-1-3-13(9-11)15(18)19/h1-7,9H,8H2,(H,16,17)(H,18,19). The van der Waals surface area contributed by atoms with Crippen LogP contribution in [0.4, 0.5) is 0 Å². The lowest BCUT2D eigenvalue weighted by Gasteiger charge is -2.04. The van der Waals surface area contributed by atoms with Crippen LogP contribution in [-0.2, 0) is 6.42 Å². The molecule has 0 saturated carbocycles. The Morgan fingerprint density at radius 1 is 0.789 bits per heavy atom. The van der Waals surface area contributed by atoms with Gasteiger partial charge < -0.3 is 10.2 Å². The molecule has 0 fully saturated rings. The number of carbonyl (C=O) groups is 2. The summed E-state index contributed by atoms with van der Waals surface area (Å²) in [4.78, 5) is 21.6. The summed E-state index contributed by atoms with van der Waals surface area (Å²) < 4.78 is 0. The highest BCUT2D eigenvalue weighted by atomic mass is 16.4. The first-order valence-electron chi connectivity index (χ1n) is 5.71. The fourth-order valence-electron chi connectivity index (χ4n) is 1.82. The van der Waals surface area contributed by atoms with Crippen LogP contribution in [0.3, 0.4) is 0 Å². The average molecular weight is 256 g/mol. The summed E-state index contributed by atoms with van der Waals surface area (Å²) in [6.07, 6.45) is 0.570. The SMILES string of the molecule is O=C(O)c1ccc(Cc2cccc(C(=O)O)c2)cc1. The van der Waals surface area contributed by atoms with Gasteiger partial charge in [-0.05, 0) is 41.8 Å². The van der Waals surface area contributed by atoms with E-state index in [0.29, 0.717) is 6.42 Å². The normalized spacial score (nSPS) is 10.1. The van der Waals surface area contributed by atoms with Crippen LogP contribution in [0.1, 0.15) is 31.8 Å². The minimum atomic E-state index is -0.959. The second-order valence-corrected chi connectivity index (χ2v) is 4.18. The zero-order chi connectivity index (χ0) is 13.8. The molecule has 2 rings (SSSR count). The van der Waals surface area contributed by atoms with Crippen LogP contribution < -0.4 is 0 Å². The van der Waals surface area contributed by atoms with E-state index in [-0.39, 0.29) is 11.1 Å². The van der Waals surface area contributed by atoms with Crippen molar-refractivity contribution in [1.29, 1.82) is 0 Å². The lowest BCUT2D eigenvalue weighted by Crippen LogP contribution is -1.99. The van der Waals surface area contributed by atoms with Crippen molar-refractivity contribution in [3.8, 4) is 0 Å². The van der Waals surface area contributed by atoms with Gasteiger partial charge in [-0.3, -0.25) is 0 Å². The first-order chi connectivity index (χ1) is 9.06. The van der Waals surface area contributed by atoms with Crippen LogP contribution >= 0.6 is 0 Å². The Bertz CT molecular complexity index is 614. The maximum Gasteiger partial charge on any atom is 0.335 e. The quantitative estimate of drug-likeness (QED) is 0.881. The van der Waals surface area contributed by atoms with Crippen LogP contribution in [0.2, 0.25) is 0 Å². The smallest absolute Gasteiger partial charge is 0.335 e. The molecule has 0 atom stereocenters. The molecule has 2 N–H and O–H groups in total. The molecule has 0 bridgehead atoms. The van der Waals surface area contributed by atoms with Gasteiger partial charge in [0.05, 0.1) is 11.1 Å². The summed E-state index contributed by atoms with van der Waals surface area (Å²) in [6, 6.07) is 13.2. The molecule has 0 unspecified atom stereocenters. The molecule has 0 saturated heterocycles. The van der Waals surface area contributed by atoms with Gasteiger partial charge >= 0.3 is 11.9 Å². The van der Waals surface area contributed by atoms with E-state index >= 15 is 0 Å². The third-order valence-corrected chi connectivity index (χ3v) is 2.78. The van der Waals surface area contributed by atoms with Gasteiger partial charge in [-0.15, -0.1) is 0 Å². The number of hydrogen-bond donors (Lipinski definition) is 2. The van der Waals surface area contributed by atoms with Crippen molar-refractivity contribution >= 4 is 11.9 Å². The maximum absolute atomic E-state index is 10.9. The van der Waals surface area contributed by atoms with Gasteiger partial charge in [0.15, 0.2) is 0 Å². The molecule has 0 spiro atoms. The van der Waals surface area contributed by atoms with Crippen molar-refractivity contribution < 1.29 is 19.8 Å². The summed E-state index contributed by atoms with van der Waals surface area (Å²) in [5, 5.41) is 17.7. The molecule has 4 heteroatoms. The predicted octanol–water partition coefficient (Wildman–Crippen LogP) is 2.67. The van der Waals surface area contributed by atoms with Crippen LogP contribution in [0, 0.1) is 0 Å². The van der Waals surface area contributed by atoms with Crippen molar-refractivity contribution in [2.24, 2.45) is 0 Å². The van der Waals surface area contributed by atoms with E-state index in [1.165, 1.54) is 0 Å². The monoisotopic (exact) mass is 256 g/mol. The van der Waals surface area contributed by atoms with Gasteiger partial charge in [-0.25, -0.2) is 9.59 Å². The van der Waals surface area contributed by atoms with Crippen LogP contribution in [0.15, 0.2) is 48.5 Å². The summed E-state index contributed by atoms with van der Waals surface area (Å²) in [5.41, 5.74) is 2.30. The molecule has 0 aliphatic carbocycles. The first-order valence-corrected chi connectivity index (χ1v) is 5.71. The molecule has 0 aromatic heterocycles. The second-order valence-electron chi connectivity index (χ2n) is 4.18. The molecule has 96 valence electrons. The third kappa shape index (κ3) is 3.19. The Balaban J connectivity index is 2.19. The summed E-state index contributed by atoms with van der Waals surface area (Å²) >= 11 is 0. The Labute approximate surface area is 109 Å². The fraction of sp³-hybridized carbons (Fsp3) is 0.0667. The van der Waals surface area contributed by atoms with E-state index in [9.17, 15) is 9.59 Å². The van der Waals surface area contributed by atoms with E-state index in [4.69, 9.17) is 10.2 Å². The van der Waals surface area contributed by atoms with Gasteiger partial charge in [0.2, 0.25) is 0 Å². The lowest BCUT2D eigenvalue weighted by molar-refractivity contribution is 0.0686. The molecule has 0 amide bonds.